The minimum atomic E-state index is -0.633. The first-order valence-corrected chi connectivity index (χ1v) is 9.71. The van der Waals surface area contributed by atoms with Crippen LogP contribution >= 0.6 is 11.3 Å². The minimum absolute atomic E-state index is 0.633. The standard InChI is InChI=1S/C20H25NOS/c22-20(17-6-2-1-3-7-17)10-12-21(13-11-20)14-16-15-23-19-9-5-4-8-18(16)19/h1-3,6-7,15,22H,4-5,8-14H2. The van der Waals surface area contributed by atoms with Crippen LogP contribution in [0.1, 0.15) is 47.3 Å². The summed E-state index contributed by atoms with van der Waals surface area (Å²) in [6.45, 7) is 3.03. The zero-order valence-corrected chi connectivity index (χ0v) is 14.4. The first-order valence-electron chi connectivity index (χ1n) is 8.83. The van der Waals surface area contributed by atoms with Crippen LogP contribution in [0.15, 0.2) is 35.7 Å². The smallest absolute Gasteiger partial charge is 0.0920 e. The SMILES string of the molecule is OC1(c2ccccc2)CCN(Cc2csc3c2CCCC3)CC1. The number of aliphatic hydroxyl groups is 1. The van der Waals surface area contributed by atoms with Gasteiger partial charge in [0.05, 0.1) is 5.60 Å². The molecule has 1 fully saturated rings. The van der Waals surface area contributed by atoms with E-state index in [0.717, 1.165) is 38.0 Å². The summed E-state index contributed by atoms with van der Waals surface area (Å²) >= 11 is 1.96. The Balaban J connectivity index is 1.41. The molecular formula is C20H25NOS. The fraction of sp³-hybridized carbons (Fsp3) is 0.500. The topological polar surface area (TPSA) is 23.5 Å². The maximum absolute atomic E-state index is 11.0. The van der Waals surface area contributed by atoms with Crippen LogP contribution in [0, 0.1) is 0 Å². The average Bonchev–Trinajstić information content (AvgIpc) is 3.01. The third kappa shape index (κ3) is 3.10. The molecule has 0 spiro atoms. The molecule has 0 amide bonds. The maximum atomic E-state index is 11.0. The van der Waals surface area contributed by atoms with Crippen molar-refractivity contribution in [1.29, 1.82) is 0 Å². The molecule has 2 nitrogen and oxygen atoms in total. The zero-order chi connectivity index (χ0) is 15.7. The molecule has 1 aliphatic carbocycles. The Hall–Kier alpha value is -1.16. The summed E-state index contributed by atoms with van der Waals surface area (Å²) in [5.74, 6) is 0. The molecule has 0 radical (unpaired) electrons. The van der Waals surface area contributed by atoms with Crippen LogP contribution < -0.4 is 0 Å². The molecule has 122 valence electrons. The fourth-order valence-electron chi connectivity index (χ4n) is 4.05. The molecule has 1 aliphatic heterocycles. The van der Waals surface area contributed by atoms with Crippen LogP contribution in [0.2, 0.25) is 0 Å². The predicted octanol–water partition coefficient (Wildman–Crippen LogP) is 4.11. The Morgan fingerprint density at radius 1 is 1.04 bits per heavy atom. The molecule has 1 saturated heterocycles. The zero-order valence-electron chi connectivity index (χ0n) is 13.6. The molecule has 0 saturated carbocycles. The number of hydrogen-bond donors (Lipinski definition) is 1. The van der Waals surface area contributed by atoms with Crippen LogP contribution in [-0.4, -0.2) is 23.1 Å². The van der Waals surface area contributed by atoms with Gasteiger partial charge in [-0.25, -0.2) is 0 Å². The number of likely N-dealkylation sites (tertiary alicyclic amines) is 1. The van der Waals surface area contributed by atoms with E-state index in [1.165, 1.54) is 25.7 Å². The van der Waals surface area contributed by atoms with Gasteiger partial charge in [0, 0.05) is 24.5 Å². The van der Waals surface area contributed by atoms with Crippen molar-refractivity contribution in [2.24, 2.45) is 0 Å². The number of fused-ring (bicyclic) bond motifs is 1. The second-order valence-corrected chi connectivity index (χ2v) is 8.01. The molecule has 2 aliphatic rings. The van der Waals surface area contributed by atoms with Gasteiger partial charge >= 0.3 is 0 Å². The molecule has 0 atom stereocenters. The molecule has 0 bridgehead atoms. The van der Waals surface area contributed by atoms with Crippen molar-refractivity contribution in [2.45, 2.75) is 50.7 Å². The van der Waals surface area contributed by atoms with Crippen LogP contribution in [-0.2, 0) is 25.0 Å². The van der Waals surface area contributed by atoms with Gasteiger partial charge in [0.2, 0.25) is 0 Å². The highest BCUT2D eigenvalue weighted by atomic mass is 32.1. The normalized spacial score (nSPS) is 21.1. The lowest BCUT2D eigenvalue weighted by atomic mass is 9.84. The van der Waals surface area contributed by atoms with Gasteiger partial charge in [-0.2, -0.15) is 0 Å². The van der Waals surface area contributed by atoms with E-state index in [0.29, 0.717) is 0 Å². The predicted molar refractivity (Wildman–Crippen MR) is 95.8 cm³/mol. The van der Waals surface area contributed by atoms with E-state index in [-0.39, 0.29) is 0 Å². The lowest BCUT2D eigenvalue weighted by Gasteiger charge is -2.38. The molecule has 1 aromatic heterocycles. The van der Waals surface area contributed by atoms with E-state index in [9.17, 15) is 5.11 Å². The Labute approximate surface area is 142 Å². The summed E-state index contributed by atoms with van der Waals surface area (Å²) in [6, 6.07) is 10.2. The second kappa shape index (κ2) is 6.39. The molecule has 1 N–H and O–H groups in total. The monoisotopic (exact) mass is 327 g/mol. The van der Waals surface area contributed by atoms with Crippen molar-refractivity contribution in [1.82, 2.24) is 4.90 Å². The van der Waals surface area contributed by atoms with Gasteiger partial charge in [-0.1, -0.05) is 30.3 Å². The summed E-state index contributed by atoms with van der Waals surface area (Å²) in [5.41, 5.74) is 3.64. The molecule has 2 heterocycles. The van der Waals surface area contributed by atoms with Gasteiger partial charge in [-0.05, 0) is 60.6 Å². The van der Waals surface area contributed by atoms with Crippen molar-refractivity contribution >= 4 is 11.3 Å². The molecule has 3 heteroatoms. The quantitative estimate of drug-likeness (QED) is 0.917. The highest BCUT2D eigenvalue weighted by Crippen LogP contribution is 2.35. The third-order valence-electron chi connectivity index (χ3n) is 5.54. The molecule has 23 heavy (non-hydrogen) atoms. The van der Waals surface area contributed by atoms with E-state index in [4.69, 9.17) is 0 Å². The molecule has 0 unspecified atom stereocenters. The van der Waals surface area contributed by atoms with E-state index in [1.807, 2.05) is 29.5 Å². The molecule has 1 aromatic carbocycles. The van der Waals surface area contributed by atoms with Crippen LogP contribution in [0.5, 0.6) is 0 Å². The van der Waals surface area contributed by atoms with Crippen molar-refractivity contribution < 1.29 is 5.11 Å². The second-order valence-electron chi connectivity index (χ2n) is 7.04. The Morgan fingerprint density at radius 3 is 2.57 bits per heavy atom. The fourth-order valence-corrected chi connectivity index (χ4v) is 5.19. The van der Waals surface area contributed by atoms with E-state index in [1.54, 1.807) is 16.0 Å². The molecular weight excluding hydrogens is 302 g/mol. The number of thiophene rings is 1. The summed E-state index contributed by atoms with van der Waals surface area (Å²) in [5, 5.41) is 13.3. The van der Waals surface area contributed by atoms with Gasteiger partial charge in [0.1, 0.15) is 0 Å². The lowest BCUT2D eigenvalue weighted by molar-refractivity contribution is -0.0277. The number of benzene rings is 1. The lowest BCUT2D eigenvalue weighted by Crippen LogP contribution is -2.42. The van der Waals surface area contributed by atoms with Crippen LogP contribution in [0.3, 0.4) is 0 Å². The average molecular weight is 327 g/mol. The summed E-state index contributed by atoms with van der Waals surface area (Å²) < 4.78 is 0. The minimum Gasteiger partial charge on any atom is -0.385 e. The third-order valence-corrected chi connectivity index (χ3v) is 6.67. The summed E-state index contributed by atoms with van der Waals surface area (Å²) in [7, 11) is 0. The first-order chi connectivity index (χ1) is 11.2. The Kier molecular flexibility index (Phi) is 4.27. The van der Waals surface area contributed by atoms with Crippen LogP contribution in [0.4, 0.5) is 0 Å². The van der Waals surface area contributed by atoms with Crippen molar-refractivity contribution in [3.8, 4) is 0 Å². The molecule has 2 aromatic rings. The van der Waals surface area contributed by atoms with Crippen molar-refractivity contribution in [3.63, 3.8) is 0 Å². The van der Waals surface area contributed by atoms with Gasteiger partial charge in [0.15, 0.2) is 0 Å². The van der Waals surface area contributed by atoms with Gasteiger partial charge in [-0.3, -0.25) is 4.90 Å². The number of piperidine rings is 1. The van der Waals surface area contributed by atoms with Gasteiger partial charge < -0.3 is 5.11 Å². The first kappa shape index (κ1) is 15.4. The van der Waals surface area contributed by atoms with Crippen molar-refractivity contribution in [3.05, 3.63) is 57.3 Å². The summed E-state index contributed by atoms with van der Waals surface area (Å²) in [6.07, 6.45) is 6.95. The van der Waals surface area contributed by atoms with E-state index in [2.05, 4.69) is 22.4 Å². The number of hydrogen-bond acceptors (Lipinski definition) is 3. The van der Waals surface area contributed by atoms with Crippen LogP contribution in [0.25, 0.3) is 0 Å². The number of aryl methyl sites for hydroxylation is 1. The maximum Gasteiger partial charge on any atom is 0.0920 e. The summed E-state index contributed by atoms with van der Waals surface area (Å²) in [4.78, 5) is 4.15. The highest BCUT2D eigenvalue weighted by Gasteiger charge is 2.34. The van der Waals surface area contributed by atoms with Crippen molar-refractivity contribution in [2.75, 3.05) is 13.1 Å². The number of nitrogens with zero attached hydrogens (tertiary/aromatic N) is 1. The van der Waals surface area contributed by atoms with Gasteiger partial charge in [-0.15, -0.1) is 11.3 Å². The largest absolute Gasteiger partial charge is 0.385 e. The number of rotatable bonds is 3. The Bertz CT molecular complexity index is 656. The van der Waals surface area contributed by atoms with Gasteiger partial charge in [0.25, 0.3) is 0 Å². The van der Waals surface area contributed by atoms with E-state index >= 15 is 0 Å². The van der Waals surface area contributed by atoms with E-state index < -0.39 is 5.60 Å². The highest BCUT2D eigenvalue weighted by molar-refractivity contribution is 7.10. The Morgan fingerprint density at radius 2 is 1.78 bits per heavy atom. The molecule has 4 rings (SSSR count).